The molecule has 4 heteroatoms. The van der Waals surface area contributed by atoms with Crippen molar-refractivity contribution < 1.29 is 0 Å². The maximum Gasteiger partial charge on any atom is 0.0703 e. The first kappa shape index (κ1) is 14.7. The van der Waals surface area contributed by atoms with Gasteiger partial charge in [0.25, 0.3) is 0 Å². The number of hydrogen-bond acceptors (Lipinski definition) is 3. The van der Waals surface area contributed by atoms with E-state index in [1.807, 2.05) is 24.5 Å². The van der Waals surface area contributed by atoms with Crippen LogP contribution in [0.2, 0.25) is 0 Å². The van der Waals surface area contributed by atoms with Crippen molar-refractivity contribution in [2.24, 2.45) is 0 Å². The molecule has 2 atom stereocenters. The Bertz CT molecular complexity index is 595. The maximum atomic E-state index is 4.69. The molecular formula is C17H20BrN3. The standard InChI is InChI=1S/C17H19N3.BrH/c1-6-17(7-11-20(10-1)13-17)15-2-3-16(19-12-15)14-4-8-18-9-5-14;/h2-5,8-9,12H,1,6-7,10-11,13H2;1H. The van der Waals surface area contributed by atoms with Crippen molar-refractivity contribution in [1.29, 1.82) is 0 Å². The molecule has 0 saturated carbocycles. The van der Waals surface area contributed by atoms with Crippen LogP contribution in [-0.4, -0.2) is 34.5 Å². The van der Waals surface area contributed by atoms with Gasteiger partial charge in [0, 0.05) is 36.1 Å². The van der Waals surface area contributed by atoms with Gasteiger partial charge in [-0.3, -0.25) is 9.97 Å². The zero-order chi connectivity index (χ0) is 13.4. The van der Waals surface area contributed by atoms with E-state index in [0.29, 0.717) is 5.41 Å². The van der Waals surface area contributed by atoms with Gasteiger partial charge in [0.05, 0.1) is 5.69 Å². The lowest BCUT2D eigenvalue weighted by Crippen LogP contribution is -2.36. The number of aromatic nitrogens is 2. The lowest BCUT2D eigenvalue weighted by Gasteiger charge is -2.34. The van der Waals surface area contributed by atoms with Gasteiger partial charge in [-0.25, -0.2) is 0 Å². The van der Waals surface area contributed by atoms with Crippen molar-refractivity contribution >= 4 is 17.0 Å². The molecule has 110 valence electrons. The molecule has 2 aromatic heterocycles. The smallest absolute Gasteiger partial charge is 0.0703 e. The second-order valence-electron chi connectivity index (χ2n) is 6.08. The van der Waals surface area contributed by atoms with E-state index < -0.39 is 0 Å². The van der Waals surface area contributed by atoms with E-state index in [2.05, 4.69) is 33.2 Å². The van der Waals surface area contributed by atoms with Gasteiger partial charge in [0.1, 0.15) is 0 Å². The Kier molecular flexibility index (Phi) is 4.09. The number of pyridine rings is 2. The highest BCUT2D eigenvalue weighted by molar-refractivity contribution is 8.93. The van der Waals surface area contributed by atoms with E-state index in [0.717, 1.165) is 11.3 Å². The summed E-state index contributed by atoms with van der Waals surface area (Å²) < 4.78 is 0. The van der Waals surface area contributed by atoms with Gasteiger partial charge >= 0.3 is 0 Å². The number of rotatable bonds is 2. The predicted octanol–water partition coefficient (Wildman–Crippen LogP) is 3.46. The highest BCUT2D eigenvalue weighted by Crippen LogP contribution is 2.41. The largest absolute Gasteiger partial charge is 0.302 e. The van der Waals surface area contributed by atoms with Crippen LogP contribution >= 0.6 is 17.0 Å². The molecule has 0 N–H and O–H groups in total. The van der Waals surface area contributed by atoms with E-state index in [1.165, 1.54) is 44.5 Å². The quantitative estimate of drug-likeness (QED) is 0.834. The van der Waals surface area contributed by atoms with Crippen molar-refractivity contribution in [1.82, 2.24) is 14.9 Å². The summed E-state index contributed by atoms with van der Waals surface area (Å²) in [6, 6.07) is 8.48. The number of halogens is 1. The van der Waals surface area contributed by atoms with E-state index >= 15 is 0 Å². The van der Waals surface area contributed by atoms with Gasteiger partial charge in [-0.1, -0.05) is 6.07 Å². The molecule has 4 rings (SSSR count). The Hall–Kier alpha value is -1.26. The molecular weight excluding hydrogens is 326 g/mol. The third-order valence-electron chi connectivity index (χ3n) is 4.91. The first-order valence-corrected chi connectivity index (χ1v) is 7.45. The van der Waals surface area contributed by atoms with Crippen molar-refractivity contribution in [3.05, 3.63) is 48.4 Å². The minimum absolute atomic E-state index is 0. The first-order valence-electron chi connectivity index (χ1n) is 7.45. The van der Waals surface area contributed by atoms with Crippen LogP contribution in [0.25, 0.3) is 11.3 Å². The lowest BCUT2D eigenvalue weighted by atomic mass is 9.75. The molecule has 2 bridgehead atoms. The summed E-state index contributed by atoms with van der Waals surface area (Å²) in [6.45, 7) is 3.76. The molecule has 3 nitrogen and oxygen atoms in total. The minimum atomic E-state index is 0. The second kappa shape index (κ2) is 5.85. The average Bonchev–Trinajstić information content (AvgIpc) is 2.84. The minimum Gasteiger partial charge on any atom is -0.302 e. The summed E-state index contributed by atoms with van der Waals surface area (Å²) in [7, 11) is 0. The summed E-state index contributed by atoms with van der Waals surface area (Å²) in [5.41, 5.74) is 3.98. The Morgan fingerprint density at radius 3 is 2.62 bits per heavy atom. The zero-order valence-electron chi connectivity index (χ0n) is 12.0. The SMILES string of the molecule is Br.c1cc(-c2ccc(C34CCCN(CC3)C4)cn2)ccn1. The fourth-order valence-electron chi connectivity index (χ4n) is 3.78. The fraction of sp³-hybridized carbons (Fsp3) is 0.412. The number of piperidine rings is 1. The maximum absolute atomic E-state index is 4.69. The Morgan fingerprint density at radius 1 is 1.00 bits per heavy atom. The highest BCUT2D eigenvalue weighted by atomic mass is 79.9. The van der Waals surface area contributed by atoms with Crippen molar-refractivity contribution in [3.63, 3.8) is 0 Å². The van der Waals surface area contributed by atoms with Crippen LogP contribution in [0.5, 0.6) is 0 Å². The fourth-order valence-corrected chi connectivity index (χ4v) is 3.78. The third-order valence-corrected chi connectivity index (χ3v) is 4.91. The lowest BCUT2D eigenvalue weighted by molar-refractivity contribution is 0.243. The van der Waals surface area contributed by atoms with Gasteiger partial charge < -0.3 is 4.90 Å². The van der Waals surface area contributed by atoms with E-state index in [4.69, 9.17) is 0 Å². The van der Waals surface area contributed by atoms with Crippen molar-refractivity contribution in [2.45, 2.75) is 24.7 Å². The summed E-state index contributed by atoms with van der Waals surface area (Å²) in [6.07, 6.45) is 9.68. The van der Waals surface area contributed by atoms with Crippen LogP contribution in [0.4, 0.5) is 0 Å². The van der Waals surface area contributed by atoms with Gasteiger partial charge in [-0.15, -0.1) is 17.0 Å². The third kappa shape index (κ3) is 2.62. The van der Waals surface area contributed by atoms with Crippen LogP contribution < -0.4 is 0 Å². The molecule has 2 saturated heterocycles. The van der Waals surface area contributed by atoms with Gasteiger partial charge in [-0.2, -0.15) is 0 Å². The van der Waals surface area contributed by atoms with E-state index in [1.54, 1.807) is 0 Å². The number of fused-ring (bicyclic) bond motifs is 2. The molecule has 2 aromatic rings. The Morgan fingerprint density at radius 2 is 1.86 bits per heavy atom. The Labute approximate surface area is 136 Å². The molecule has 0 radical (unpaired) electrons. The zero-order valence-corrected chi connectivity index (χ0v) is 13.7. The predicted molar refractivity (Wildman–Crippen MR) is 89.8 cm³/mol. The van der Waals surface area contributed by atoms with Crippen LogP contribution in [-0.2, 0) is 5.41 Å². The average molecular weight is 346 g/mol. The summed E-state index contributed by atoms with van der Waals surface area (Å²) >= 11 is 0. The first-order chi connectivity index (χ1) is 9.86. The summed E-state index contributed by atoms with van der Waals surface area (Å²) in [4.78, 5) is 11.3. The topological polar surface area (TPSA) is 29.0 Å². The van der Waals surface area contributed by atoms with Crippen LogP contribution in [0.3, 0.4) is 0 Å². The molecule has 2 unspecified atom stereocenters. The van der Waals surface area contributed by atoms with Crippen LogP contribution in [0.1, 0.15) is 24.8 Å². The molecule has 2 aliphatic rings. The number of hydrogen-bond donors (Lipinski definition) is 0. The van der Waals surface area contributed by atoms with Crippen LogP contribution in [0, 0.1) is 0 Å². The molecule has 2 aliphatic heterocycles. The molecule has 0 aliphatic carbocycles. The molecule has 0 aromatic carbocycles. The van der Waals surface area contributed by atoms with Crippen molar-refractivity contribution in [3.8, 4) is 11.3 Å². The molecule has 2 fully saturated rings. The van der Waals surface area contributed by atoms with Gasteiger partial charge in [0.2, 0.25) is 0 Å². The van der Waals surface area contributed by atoms with Crippen LogP contribution in [0.15, 0.2) is 42.9 Å². The number of nitrogens with zero attached hydrogens (tertiary/aromatic N) is 3. The molecule has 0 spiro atoms. The normalized spacial score (nSPS) is 27.1. The van der Waals surface area contributed by atoms with Gasteiger partial charge in [0.15, 0.2) is 0 Å². The monoisotopic (exact) mass is 345 g/mol. The second-order valence-corrected chi connectivity index (χ2v) is 6.08. The highest BCUT2D eigenvalue weighted by Gasteiger charge is 2.42. The molecule has 0 amide bonds. The molecule has 21 heavy (non-hydrogen) atoms. The van der Waals surface area contributed by atoms with Gasteiger partial charge in [-0.05, 0) is 56.1 Å². The summed E-state index contributed by atoms with van der Waals surface area (Å²) in [5, 5.41) is 0. The van der Waals surface area contributed by atoms with E-state index in [9.17, 15) is 0 Å². The van der Waals surface area contributed by atoms with E-state index in [-0.39, 0.29) is 17.0 Å². The summed E-state index contributed by atoms with van der Waals surface area (Å²) in [5.74, 6) is 0. The Balaban J connectivity index is 0.00000132. The van der Waals surface area contributed by atoms with Crippen molar-refractivity contribution in [2.75, 3.05) is 19.6 Å². The molecule has 4 heterocycles.